The van der Waals surface area contributed by atoms with E-state index in [2.05, 4.69) is 10.6 Å². The summed E-state index contributed by atoms with van der Waals surface area (Å²) in [4.78, 5) is 27.2. The molecule has 2 amide bonds. The molecule has 2 aromatic carbocycles. The van der Waals surface area contributed by atoms with Gasteiger partial charge in [0.1, 0.15) is 6.04 Å². The summed E-state index contributed by atoms with van der Waals surface area (Å²) in [5.74, 6) is 1.14. The summed E-state index contributed by atoms with van der Waals surface area (Å²) >= 11 is 0. The Kier molecular flexibility index (Phi) is 3.36. The first-order valence-electron chi connectivity index (χ1n) is 8.57. The maximum atomic E-state index is 13.0. The molecule has 7 nitrogen and oxygen atoms in total. The number of hydrogen-bond donors (Lipinski definition) is 2. The lowest BCUT2D eigenvalue weighted by Crippen LogP contribution is -2.57. The highest BCUT2D eigenvalue weighted by molar-refractivity contribution is 6.10. The second kappa shape index (κ2) is 5.74. The van der Waals surface area contributed by atoms with Crippen molar-refractivity contribution in [3.05, 3.63) is 42.0 Å². The number of fused-ring (bicyclic) bond motifs is 3. The van der Waals surface area contributed by atoms with E-state index in [-0.39, 0.29) is 18.6 Å². The van der Waals surface area contributed by atoms with Gasteiger partial charge in [-0.2, -0.15) is 0 Å². The van der Waals surface area contributed by atoms with Crippen LogP contribution in [0.15, 0.2) is 36.4 Å². The third-order valence-corrected chi connectivity index (χ3v) is 5.02. The van der Waals surface area contributed by atoms with Crippen molar-refractivity contribution in [1.82, 2.24) is 10.2 Å². The van der Waals surface area contributed by atoms with Gasteiger partial charge in [0.2, 0.25) is 12.7 Å². The van der Waals surface area contributed by atoms with Gasteiger partial charge in [-0.05, 0) is 35.4 Å². The number of rotatable bonds is 1. The Hall–Kier alpha value is -3.06. The van der Waals surface area contributed by atoms with Crippen LogP contribution < -0.4 is 20.1 Å². The number of hydrogen-bond acceptors (Lipinski definition) is 5. The van der Waals surface area contributed by atoms with E-state index in [1.54, 1.807) is 11.0 Å². The minimum atomic E-state index is -0.474. The van der Waals surface area contributed by atoms with Crippen molar-refractivity contribution in [3.8, 4) is 22.6 Å². The predicted octanol–water partition coefficient (Wildman–Crippen LogP) is 1.45. The number of anilines is 1. The standard InChI is InChI=1S/C19H17N3O4/c23-18-15-9-20-5-6-22(15)19(24)13-7-11(1-3-14(13)21-18)12-2-4-16-17(8-12)26-10-25-16/h1-4,7-8,15,20H,5-6,9-10H2,(H,21,23)/t15-/m0/s1. The van der Waals surface area contributed by atoms with Gasteiger partial charge in [0.05, 0.1) is 11.3 Å². The summed E-state index contributed by atoms with van der Waals surface area (Å²) < 4.78 is 10.8. The van der Waals surface area contributed by atoms with Crippen molar-refractivity contribution in [1.29, 1.82) is 0 Å². The molecular weight excluding hydrogens is 334 g/mol. The summed E-state index contributed by atoms with van der Waals surface area (Å²) in [6.07, 6.45) is 0. The third kappa shape index (κ3) is 2.32. The monoisotopic (exact) mass is 351 g/mol. The Morgan fingerprint density at radius 1 is 1.00 bits per heavy atom. The average Bonchev–Trinajstić information content (AvgIpc) is 3.11. The van der Waals surface area contributed by atoms with Gasteiger partial charge in [-0.3, -0.25) is 9.59 Å². The van der Waals surface area contributed by atoms with Crippen LogP contribution in [-0.2, 0) is 4.79 Å². The maximum Gasteiger partial charge on any atom is 0.256 e. The summed E-state index contributed by atoms with van der Waals surface area (Å²) in [7, 11) is 0. The van der Waals surface area contributed by atoms with Crippen molar-refractivity contribution < 1.29 is 19.1 Å². The molecule has 2 N–H and O–H groups in total. The number of benzene rings is 2. The molecule has 26 heavy (non-hydrogen) atoms. The van der Waals surface area contributed by atoms with Crippen molar-refractivity contribution in [2.24, 2.45) is 0 Å². The molecule has 0 unspecified atom stereocenters. The molecular formula is C19H17N3O4. The molecule has 3 aliphatic heterocycles. The molecule has 2 aromatic rings. The van der Waals surface area contributed by atoms with E-state index in [4.69, 9.17) is 9.47 Å². The van der Waals surface area contributed by atoms with Gasteiger partial charge in [-0.25, -0.2) is 0 Å². The van der Waals surface area contributed by atoms with Gasteiger partial charge < -0.3 is 25.0 Å². The van der Waals surface area contributed by atoms with Crippen LogP contribution in [-0.4, -0.2) is 49.2 Å². The first kappa shape index (κ1) is 15.2. The van der Waals surface area contributed by atoms with Gasteiger partial charge in [-0.15, -0.1) is 0 Å². The zero-order valence-electron chi connectivity index (χ0n) is 14.0. The van der Waals surface area contributed by atoms with E-state index >= 15 is 0 Å². The first-order valence-corrected chi connectivity index (χ1v) is 8.57. The summed E-state index contributed by atoms with van der Waals surface area (Å²) in [6.45, 7) is 1.90. The number of nitrogens with zero attached hydrogens (tertiary/aromatic N) is 1. The normalized spacial score (nSPS) is 20.9. The van der Waals surface area contributed by atoms with Gasteiger partial charge in [-0.1, -0.05) is 12.1 Å². The first-order chi connectivity index (χ1) is 12.7. The highest BCUT2D eigenvalue weighted by Crippen LogP contribution is 2.37. The smallest absolute Gasteiger partial charge is 0.256 e. The molecule has 3 heterocycles. The van der Waals surface area contributed by atoms with Crippen molar-refractivity contribution in [2.75, 3.05) is 31.7 Å². The third-order valence-electron chi connectivity index (χ3n) is 5.02. The fourth-order valence-electron chi connectivity index (χ4n) is 3.64. The zero-order chi connectivity index (χ0) is 17.7. The van der Waals surface area contributed by atoms with E-state index in [9.17, 15) is 9.59 Å². The number of nitrogens with one attached hydrogen (secondary N) is 2. The number of amides is 2. The van der Waals surface area contributed by atoms with E-state index in [0.29, 0.717) is 36.6 Å². The molecule has 5 rings (SSSR count). The Morgan fingerprint density at radius 2 is 1.81 bits per heavy atom. The van der Waals surface area contributed by atoms with Gasteiger partial charge in [0.15, 0.2) is 11.5 Å². The van der Waals surface area contributed by atoms with Crippen molar-refractivity contribution in [2.45, 2.75) is 6.04 Å². The minimum Gasteiger partial charge on any atom is -0.454 e. The zero-order valence-corrected chi connectivity index (χ0v) is 14.0. The number of piperazine rings is 1. The predicted molar refractivity (Wildman–Crippen MR) is 94.3 cm³/mol. The molecule has 3 aliphatic rings. The Morgan fingerprint density at radius 3 is 2.73 bits per heavy atom. The largest absolute Gasteiger partial charge is 0.454 e. The fourth-order valence-corrected chi connectivity index (χ4v) is 3.64. The quantitative estimate of drug-likeness (QED) is 0.813. The van der Waals surface area contributed by atoms with E-state index in [1.165, 1.54) is 0 Å². The highest BCUT2D eigenvalue weighted by atomic mass is 16.7. The fraction of sp³-hybridized carbons (Fsp3) is 0.263. The van der Waals surface area contributed by atoms with Crippen LogP contribution in [0.1, 0.15) is 10.4 Å². The second-order valence-corrected chi connectivity index (χ2v) is 6.54. The lowest BCUT2D eigenvalue weighted by Gasteiger charge is -2.33. The van der Waals surface area contributed by atoms with Crippen molar-refractivity contribution in [3.63, 3.8) is 0 Å². The summed E-state index contributed by atoms with van der Waals surface area (Å²) in [5.41, 5.74) is 2.88. The van der Waals surface area contributed by atoms with Crippen LogP contribution in [0, 0.1) is 0 Å². The Bertz CT molecular complexity index is 927. The topological polar surface area (TPSA) is 79.9 Å². The molecule has 0 aliphatic carbocycles. The van der Waals surface area contributed by atoms with E-state index < -0.39 is 6.04 Å². The number of ether oxygens (including phenoxy) is 2. The summed E-state index contributed by atoms with van der Waals surface area (Å²) in [5, 5.41) is 6.06. The van der Waals surface area contributed by atoms with Crippen LogP contribution in [0.5, 0.6) is 11.5 Å². The molecule has 0 radical (unpaired) electrons. The van der Waals surface area contributed by atoms with Crippen molar-refractivity contribution >= 4 is 17.5 Å². The highest BCUT2D eigenvalue weighted by Gasteiger charge is 2.36. The Labute approximate surface area is 149 Å². The molecule has 0 bridgehead atoms. The average molecular weight is 351 g/mol. The molecule has 1 fully saturated rings. The van der Waals surface area contributed by atoms with Crippen LogP contribution in [0.4, 0.5) is 5.69 Å². The van der Waals surface area contributed by atoms with Crippen LogP contribution in [0.3, 0.4) is 0 Å². The Balaban J connectivity index is 1.57. The van der Waals surface area contributed by atoms with Gasteiger partial charge in [0.25, 0.3) is 5.91 Å². The lowest BCUT2D eigenvalue weighted by molar-refractivity contribution is -0.120. The molecule has 0 aromatic heterocycles. The van der Waals surface area contributed by atoms with Crippen LogP contribution in [0.25, 0.3) is 11.1 Å². The van der Waals surface area contributed by atoms with Gasteiger partial charge in [0, 0.05) is 19.6 Å². The molecule has 132 valence electrons. The number of carbonyl (C=O) groups excluding carboxylic acids is 2. The molecule has 0 saturated carbocycles. The minimum absolute atomic E-state index is 0.118. The maximum absolute atomic E-state index is 13.0. The van der Waals surface area contributed by atoms with Gasteiger partial charge >= 0.3 is 0 Å². The summed E-state index contributed by atoms with van der Waals surface area (Å²) in [6, 6.07) is 10.7. The molecule has 0 spiro atoms. The molecule has 1 saturated heterocycles. The van der Waals surface area contributed by atoms with Crippen LogP contribution >= 0.6 is 0 Å². The molecule has 7 heteroatoms. The second-order valence-electron chi connectivity index (χ2n) is 6.54. The van der Waals surface area contributed by atoms with E-state index in [0.717, 1.165) is 16.9 Å². The number of carbonyl (C=O) groups is 2. The lowest BCUT2D eigenvalue weighted by atomic mass is 10.0. The van der Waals surface area contributed by atoms with Crippen LogP contribution in [0.2, 0.25) is 0 Å². The SMILES string of the molecule is O=C1Nc2ccc(-c3ccc4c(c3)OCO4)cc2C(=O)N2CCNC[C@@H]12. The molecule has 1 atom stereocenters. The van der Waals surface area contributed by atoms with E-state index in [1.807, 2.05) is 30.3 Å².